The van der Waals surface area contributed by atoms with Crippen molar-refractivity contribution in [3.8, 4) is 11.5 Å². The average Bonchev–Trinajstić information content (AvgIpc) is 3.08. The van der Waals surface area contributed by atoms with E-state index in [1.54, 1.807) is 18.4 Å². The number of nitrogens with zero attached hydrogens (tertiary/aromatic N) is 2. The molecule has 0 saturated heterocycles. The zero-order valence-corrected chi connectivity index (χ0v) is 14.9. The largest absolute Gasteiger partial charge is 0.497 e. The van der Waals surface area contributed by atoms with E-state index in [1.165, 1.54) is 0 Å². The van der Waals surface area contributed by atoms with Crippen LogP contribution in [0.15, 0.2) is 23.6 Å². The molecular formula is C17H21N3O3S. The van der Waals surface area contributed by atoms with E-state index in [4.69, 9.17) is 9.47 Å². The molecule has 1 atom stereocenters. The van der Waals surface area contributed by atoms with Gasteiger partial charge in [0.05, 0.1) is 25.3 Å². The molecule has 1 aliphatic rings. The molecule has 0 bridgehead atoms. The van der Waals surface area contributed by atoms with Gasteiger partial charge in [-0.05, 0) is 30.2 Å². The summed E-state index contributed by atoms with van der Waals surface area (Å²) in [6, 6.07) is 5.68. The van der Waals surface area contributed by atoms with Crippen LogP contribution in [-0.4, -0.2) is 38.7 Å². The number of rotatable bonds is 5. The Morgan fingerprint density at radius 3 is 3.04 bits per heavy atom. The first-order chi connectivity index (χ1) is 11.6. The lowest BCUT2D eigenvalue weighted by Gasteiger charge is -2.24. The number of benzene rings is 1. The number of anilines is 1. The first kappa shape index (κ1) is 16.6. The molecule has 128 valence electrons. The van der Waals surface area contributed by atoms with Crippen LogP contribution in [0.4, 0.5) is 5.13 Å². The number of thiazole rings is 1. The van der Waals surface area contributed by atoms with E-state index in [9.17, 15) is 4.79 Å². The quantitative estimate of drug-likeness (QED) is 0.897. The highest BCUT2D eigenvalue weighted by Crippen LogP contribution is 2.30. The molecule has 1 unspecified atom stereocenters. The second-order valence-electron chi connectivity index (χ2n) is 5.92. The van der Waals surface area contributed by atoms with Gasteiger partial charge in [-0.1, -0.05) is 0 Å². The Morgan fingerprint density at radius 2 is 2.33 bits per heavy atom. The Balaban J connectivity index is 1.59. The third kappa shape index (κ3) is 3.62. The molecule has 0 spiro atoms. The van der Waals surface area contributed by atoms with Gasteiger partial charge < -0.3 is 19.7 Å². The molecular weight excluding hydrogens is 326 g/mol. The van der Waals surface area contributed by atoms with E-state index in [-0.39, 0.29) is 11.8 Å². The Kier molecular flexibility index (Phi) is 4.89. The molecule has 0 aliphatic carbocycles. The first-order valence-electron chi connectivity index (χ1n) is 7.76. The van der Waals surface area contributed by atoms with Crippen molar-refractivity contribution in [2.75, 3.05) is 32.7 Å². The summed E-state index contributed by atoms with van der Waals surface area (Å²) in [5.41, 5.74) is 1.88. The summed E-state index contributed by atoms with van der Waals surface area (Å²) in [4.78, 5) is 18.8. The molecule has 0 radical (unpaired) electrons. The monoisotopic (exact) mass is 347 g/mol. The maximum Gasteiger partial charge on any atom is 0.227 e. The molecule has 1 aromatic heterocycles. The van der Waals surface area contributed by atoms with Crippen molar-refractivity contribution in [2.45, 2.75) is 13.0 Å². The minimum atomic E-state index is -0.198. The number of hydrogen-bond acceptors (Lipinski definition) is 6. The fourth-order valence-electron chi connectivity index (χ4n) is 2.57. The minimum Gasteiger partial charge on any atom is -0.497 e. The van der Waals surface area contributed by atoms with E-state index >= 15 is 0 Å². The molecule has 24 heavy (non-hydrogen) atoms. The summed E-state index contributed by atoms with van der Waals surface area (Å²) in [5.74, 6) is 1.39. The maximum atomic E-state index is 12.4. The van der Waals surface area contributed by atoms with Crippen LogP contribution in [0.2, 0.25) is 0 Å². The topological polar surface area (TPSA) is 63.7 Å². The van der Waals surface area contributed by atoms with Gasteiger partial charge >= 0.3 is 0 Å². The fourth-order valence-corrected chi connectivity index (χ4v) is 3.33. The van der Waals surface area contributed by atoms with Crippen LogP contribution in [0.5, 0.6) is 11.5 Å². The van der Waals surface area contributed by atoms with Crippen molar-refractivity contribution in [3.63, 3.8) is 0 Å². The molecule has 1 amide bonds. The van der Waals surface area contributed by atoms with Gasteiger partial charge in [0.1, 0.15) is 18.1 Å². The second kappa shape index (κ2) is 7.09. The van der Waals surface area contributed by atoms with Gasteiger partial charge in [-0.2, -0.15) is 0 Å². The zero-order valence-electron chi connectivity index (χ0n) is 14.0. The predicted octanol–water partition coefficient (Wildman–Crippen LogP) is 2.09. The Bertz CT molecular complexity index is 730. The van der Waals surface area contributed by atoms with E-state index in [0.29, 0.717) is 19.6 Å². The molecule has 1 aromatic carbocycles. The van der Waals surface area contributed by atoms with Gasteiger partial charge in [0.15, 0.2) is 5.13 Å². The van der Waals surface area contributed by atoms with Crippen LogP contribution in [0, 0.1) is 5.92 Å². The highest BCUT2D eigenvalue weighted by molar-refractivity contribution is 7.13. The normalized spacial score (nSPS) is 16.0. The molecule has 0 fully saturated rings. The van der Waals surface area contributed by atoms with E-state index in [0.717, 1.165) is 27.9 Å². The SMILES string of the molecule is COc1ccc2c(c1)CC(C(=O)NCc1csc(N(C)C)n1)CO2. The number of nitrogens with one attached hydrogen (secondary N) is 1. The Morgan fingerprint density at radius 1 is 1.50 bits per heavy atom. The van der Waals surface area contributed by atoms with Crippen LogP contribution in [0.3, 0.4) is 0 Å². The van der Waals surface area contributed by atoms with Crippen molar-refractivity contribution in [2.24, 2.45) is 5.92 Å². The molecule has 2 heterocycles. The van der Waals surface area contributed by atoms with Gasteiger partial charge in [0.25, 0.3) is 0 Å². The fraction of sp³-hybridized carbons (Fsp3) is 0.412. The van der Waals surface area contributed by atoms with Gasteiger partial charge in [0, 0.05) is 19.5 Å². The molecule has 6 nitrogen and oxygen atoms in total. The highest BCUT2D eigenvalue weighted by atomic mass is 32.1. The van der Waals surface area contributed by atoms with Crippen molar-refractivity contribution < 1.29 is 14.3 Å². The summed E-state index contributed by atoms with van der Waals surface area (Å²) >= 11 is 1.56. The standard InChI is InChI=1S/C17H21N3O3S/c1-20(2)17-19-13(10-24-17)8-18-16(21)12-6-11-7-14(22-3)4-5-15(11)23-9-12/h4-5,7,10,12H,6,8-9H2,1-3H3,(H,18,21). The molecule has 1 aliphatic heterocycles. The lowest BCUT2D eigenvalue weighted by Crippen LogP contribution is -2.37. The molecule has 0 saturated carbocycles. The van der Waals surface area contributed by atoms with Crippen molar-refractivity contribution >= 4 is 22.4 Å². The van der Waals surface area contributed by atoms with E-state index < -0.39 is 0 Å². The number of amides is 1. The first-order valence-corrected chi connectivity index (χ1v) is 8.64. The average molecular weight is 347 g/mol. The predicted molar refractivity (Wildman–Crippen MR) is 94.0 cm³/mol. The number of ether oxygens (including phenoxy) is 2. The second-order valence-corrected chi connectivity index (χ2v) is 6.76. The molecule has 7 heteroatoms. The van der Waals surface area contributed by atoms with Crippen LogP contribution in [0.25, 0.3) is 0 Å². The van der Waals surface area contributed by atoms with Crippen LogP contribution in [0.1, 0.15) is 11.3 Å². The maximum absolute atomic E-state index is 12.4. The summed E-state index contributed by atoms with van der Waals surface area (Å²) in [6.07, 6.45) is 0.651. The third-order valence-corrected chi connectivity index (χ3v) is 4.97. The van der Waals surface area contributed by atoms with Crippen molar-refractivity contribution in [1.29, 1.82) is 0 Å². The van der Waals surface area contributed by atoms with Gasteiger partial charge in [-0.25, -0.2) is 4.98 Å². The summed E-state index contributed by atoms with van der Waals surface area (Å²) in [6.45, 7) is 0.829. The van der Waals surface area contributed by atoms with Crippen LogP contribution >= 0.6 is 11.3 Å². The smallest absolute Gasteiger partial charge is 0.227 e. The molecule has 2 aromatic rings. The number of hydrogen-bond donors (Lipinski definition) is 1. The Labute approximate surface area is 145 Å². The number of carbonyl (C=O) groups excluding carboxylic acids is 1. The zero-order chi connectivity index (χ0) is 17.1. The van der Waals surface area contributed by atoms with E-state index in [1.807, 2.05) is 42.6 Å². The lowest BCUT2D eigenvalue weighted by molar-refractivity contribution is -0.126. The number of fused-ring (bicyclic) bond motifs is 1. The van der Waals surface area contributed by atoms with Gasteiger partial charge in [-0.15, -0.1) is 11.3 Å². The summed E-state index contributed by atoms with van der Waals surface area (Å²) in [5, 5.41) is 5.85. The molecule has 1 N–H and O–H groups in total. The number of carbonyl (C=O) groups is 1. The molecule has 3 rings (SSSR count). The third-order valence-electron chi connectivity index (χ3n) is 3.91. The van der Waals surface area contributed by atoms with Crippen molar-refractivity contribution in [3.05, 3.63) is 34.8 Å². The number of methoxy groups -OCH3 is 1. The number of aromatic nitrogens is 1. The van der Waals surface area contributed by atoms with E-state index in [2.05, 4.69) is 10.3 Å². The van der Waals surface area contributed by atoms with Gasteiger partial charge in [0.2, 0.25) is 5.91 Å². The van der Waals surface area contributed by atoms with Crippen LogP contribution < -0.4 is 19.7 Å². The highest BCUT2D eigenvalue weighted by Gasteiger charge is 2.26. The summed E-state index contributed by atoms with van der Waals surface area (Å²) < 4.78 is 10.9. The van der Waals surface area contributed by atoms with Crippen LogP contribution in [-0.2, 0) is 17.8 Å². The van der Waals surface area contributed by atoms with Gasteiger partial charge in [-0.3, -0.25) is 4.79 Å². The van der Waals surface area contributed by atoms with Crippen molar-refractivity contribution in [1.82, 2.24) is 10.3 Å². The summed E-state index contributed by atoms with van der Waals surface area (Å²) in [7, 11) is 5.53. The lowest BCUT2D eigenvalue weighted by atomic mass is 9.96. The minimum absolute atomic E-state index is 0.0112. The Hall–Kier alpha value is -2.28.